The predicted molar refractivity (Wildman–Crippen MR) is 140 cm³/mol. The van der Waals surface area contributed by atoms with Crippen LogP contribution in [0.5, 0.6) is 0 Å². The van der Waals surface area contributed by atoms with Gasteiger partial charge >= 0.3 is 0 Å². The highest BCUT2D eigenvalue weighted by Gasteiger charge is 2.62. The fraction of sp³-hybridized carbons (Fsp3) is 0.219. The van der Waals surface area contributed by atoms with Crippen molar-refractivity contribution in [1.29, 1.82) is 0 Å². The third-order valence-corrected chi connectivity index (χ3v) is 7.90. The first-order chi connectivity index (χ1) is 17.3. The summed E-state index contributed by atoms with van der Waals surface area (Å²) in [5.41, 5.74) is 7.83. The van der Waals surface area contributed by atoms with Gasteiger partial charge in [0.25, 0.3) is 0 Å². The maximum Gasteiger partial charge on any atom is 0.238 e. The summed E-state index contributed by atoms with van der Waals surface area (Å²) in [6, 6.07) is 23.8. The van der Waals surface area contributed by atoms with Crippen molar-refractivity contribution in [3.05, 3.63) is 118 Å². The zero-order valence-corrected chi connectivity index (χ0v) is 20.6. The second-order valence-electron chi connectivity index (χ2n) is 10.2. The molecule has 0 radical (unpaired) electrons. The number of carbonyl (C=O) groups is 3. The van der Waals surface area contributed by atoms with Gasteiger partial charge in [-0.05, 0) is 55.2 Å². The van der Waals surface area contributed by atoms with Crippen molar-refractivity contribution in [2.45, 2.75) is 20.8 Å². The maximum absolute atomic E-state index is 13.8. The van der Waals surface area contributed by atoms with E-state index in [-0.39, 0.29) is 29.4 Å². The van der Waals surface area contributed by atoms with Gasteiger partial charge in [-0.2, -0.15) is 0 Å². The lowest BCUT2D eigenvalue weighted by atomic mass is 9.85. The number of allylic oxidation sites excluding steroid dienone is 3. The molecule has 6 rings (SSSR count). The molecule has 2 fully saturated rings. The van der Waals surface area contributed by atoms with Crippen LogP contribution >= 0.6 is 0 Å². The molecule has 1 saturated carbocycles. The average Bonchev–Trinajstić information content (AvgIpc) is 3.50. The number of rotatable bonds is 4. The lowest BCUT2D eigenvalue weighted by Gasteiger charge is -2.22. The van der Waals surface area contributed by atoms with Crippen LogP contribution in [-0.4, -0.2) is 17.6 Å². The summed E-state index contributed by atoms with van der Waals surface area (Å²) in [6.07, 6.45) is 4.23. The van der Waals surface area contributed by atoms with Crippen LogP contribution in [0.4, 0.5) is 5.69 Å². The van der Waals surface area contributed by atoms with Crippen LogP contribution in [0.3, 0.4) is 0 Å². The molecule has 178 valence electrons. The van der Waals surface area contributed by atoms with Crippen molar-refractivity contribution >= 4 is 28.9 Å². The van der Waals surface area contributed by atoms with Crippen molar-refractivity contribution in [3.63, 3.8) is 0 Å². The van der Waals surface area contributed by atoms with E-state index in [4.69, 9.17) is 0 Å². The van der Waals surface area contributed by atoms with E-state index in [2.05, 4.69) is 74.5 Å². The lowest BCUT2D eigenvalue weighted by Crippen LogP contribution is -2.33. The smallest absolute Gasteiger partial charge is 0.238 e. The van der Waals surface area contributed by atoms with E-state index >= 15 is 0 Å². The predicted octanol–water partition coefficient (Wildman–Crippen LogP) is 5.93. The SMILES string of the molecule is CC(=O)c1cccc(N2C(=O)[C@@H]3[C@@H](C2=O)[C@H]2C=C[C@H]3C2=C(c2ccc(C)cc2)c2ccc(C)cc2)c1. The summed E-state index contributed by atoms with van der Waals surface area (Å²) < 4.78 is 0. The minimum atomic E-state index is -0.422. The molecule has 2 bridgehead atoms. The van der Waals surface area contributed by atoms with Crippen LogP contribution in [0.1, 0.15) is 39.5 Å². The van der Waals surface area contributed by atoms with Crippen molar-refractivity contribution < 1.29 is 14.4 Å². The first-order valence-corrected chi connectivity index (χ1v) is 12.4. The number of nitrogens with zero attached hydrogens (tertiary/aromatic N) is 1. The Morgan fingerprint density at radius 1 is 0.694 bits per heavy atom. The van der Waals surface area contributed by atoms with Crippen LogP contribution in [0.2, 0.25) is 0 Å². The first kappa shape index (κ1) is 22.4. The maximum atomic E-state index is 13.8. The van der Waals surface area contributed by atoms with Gasteiger partial charge in [0.2, 0.25) is 11.8 Å². The number of amides is 2. The Labute approximate surface area is 211 Å². The molecule has 2 amide bonds. The van der Waals surface area contributed by atoms with Crippen molar-refractivity contribution in [2.75, 3.05) is 4.90 Å². The minimum absolute atomic E-state index is 0.0936. The molecule has 1 heterocycles. The molecule has 0 unspecified atom stereocenters. The van der Waals surface area contributed by atoms with Gasteiger partial charge in [0.15, 0.2) is 5.78 Å². The van der Waals surface area contributed by atoms with Gasteiger partial charge in [-0.15, -0.1) is 0 Å². The fourth-order valence-electron chi connectivity index (χ4n) is 6.16. The normalized spacial score (nSPS) is 24.0. The number of anilines is 1. The summed E-state index contributed by atoms with van der Waals surface area (Å²) in [5.74, 6) is -1.54. The number of hydrogen-bond donors (Lipinski definition) is 0. The van der Waals surface area contributed by atoms with Crippen molar-refractivity contribution in [3.8, 4) is 0 Å². The number of carbonyl (C=O) groups excluding carboxylic acids is 3. The second kappa shape index (κ2) is 8.27. The molecular weight excluding hydrogens is 446 g/mol. The van der Waals surface area contributed by atoms with Crippen LogP contribution in [0, 0.1) is 37.5 Å². The quantitative estimate of drug-likeness (QED) is 0.268. The van der Waals surface area contributed by atoms with Crippen LogP contribution < -0.4 is 4.90 Å². The second-order valence-corrected chi connectivity index (χ2v) is 10.2. The Morgan fingerprint density at radius 3 is 1.67 bits per heavy atom. The van der Waals surface area contributed by atoms with Gasteiger partial charge in [-0.3, -0.25) is 14.4 Å². The average molecular weight is 474 g/mol. The number of imide groups is 1. The molecule has 4 nitrogen and oxygen atoms in total. The third kappa shape index (κ3) is 3.32. The highest BCUT2D eigenvalue weighted by Crippen LogP contribution is 2.58. The summed E-state index contributed by atoms with van der Waals surface area (Å²) in [4.78, 5) is 40.7. The summed E-state index contributed by atoms with van der Waals surface area (Å²) in [5, 5.41) is 0. The number of aryl methyl sites for hydroxylation is 2. The van der Waals surface area contributed by atoms with Crippen molar-refractivity contribution in [1.82, 2.24) is 0 Å². The monoisotopic (exact) mass is 473 g/mol. The molecule has 4 atom stereocenters. The number of fused-ring (bicyclic) bond motifs is 5. The molecule has 4 heteroatoms. The highest BCUT2D eigenvalue weighted by atomic mass is 16.2. The zero-order chi connectivity index (χ0) is 25.1. The van der Waals surface area contributed by atoms with E-state index in [1.807, 2.05) is 0 Å². The largest absolute Gasteiger partial charge is 0.295 e. The molecule has 1 saturated heterocycles. The molecular formula is C32H27NO3. The molecule has 3 aromatic rings. The van der Waals surface area contributed by atoms with Crippen LogP contribution in [0.25, 0.3) is 5.57 Å². The summed E-state index contributed by atoms with van der Waals surface area (Å²) in [6.45, 7) is 5.63. The number of Topliss-reactive ketones (excluding diaryl/α,β-unsaturated/α-hetero) is 1. The zero-order valence-electron chi connectivity index (χ0n) is 20.6. The van der Waals surface area contributed by atoms with E-state index in [9.17, 15) is 14.4 Å². The Morgan fingerprint density at radius 2 is 1.19 bits per heavy atom. The standard InChI is InChI=1S/C32H27NO3/c1-18-7-11-21(12-8-18)27(22-13-9-19(2)10-14-22)28-25-15-16-26(28)30-29(25)31(35)33(32(30)36)24-6-4-5-23(17-24)20(3)34/h4-17,25-26,29-30H,1-3H3/t25-,26-,29-,30-/m0/s1. The van der Waals surface area contributed by atoms with Crippen LogP contribution in [0.15, 0.2) is 90.5 Å². The Balaban J connectivity index is 1.47. The van der Waals surface area contributed by atoms with Crippen LogP contribution in [-0.2, 0) is 9.59 Å². The Bertz CT molecular complexity index is 1400. The molecule has 1 aliphatic heterocycles. The first-order valence-electron chi connectivity index (χ1n) is 12.4. The van der Waals surface area contributed by atoms with E-state index in [0.29, 0.717) is 11.3 Å². The molecule has 2 aliphatic carbocycles. The molecule has 3 aliphatic rings. The van der Waals surface area contributed by atoms with Gasteiger partial charge in [-0.25, -0.2) is 4.90 Å². The van der Waals surface area contributed by atoms with Crippen molar-refractivity contribution in [2.24, 2.45) is 23.7 Å². The third-order valence-electron chi connectivity index (χ3n) is 7.90. The van der Waals surface area contributed by atoms with E-state index in [1.165, 1.54) is 23.0 Å². The molecule has 36 heavy (non-hydrogen) atoms. The number of hydrogen-bond acceptors (Lipinski definition) is 3. The summed E-state index contributed by atoms with van der Waals surface area (Å²) in [7, 11) is 0. The van der Waals surface area contributed by atoms with E-state index < -0.39 is 11.8 Å². The highest BCUT2D eigenvalue weighted by molar-refractivity contribution is 6.23. The lowest BCUT2D eigenvalue weighted by molar-refractivity contribution is -0.122. The topological polar surface area (TPSA) is 54.5 Å². The molecule has 3 aromatic carbocycles. The van der Waals surface area contributed by atoms with Gasteiger partial charge in [-0.1, -0.05) is 83.9 Å². The fourth-order valence-corrected chi connectivity index (χ4v) is 6.16. The van der Waals surface area contributed by atoms with Gasteiger partial charge in [0.1, 0.15) is 0 Å². The number of benzene rings is 3. The van der Waals surface area contributed by atoms with Gasteiger partial charge < -0.3 is 0 Å². The van der Waals surface area contributed by atoms with Gasteiger partial charge in [0, 0.05) is 17.4 Å². The molecule has 0 spiro atoms. The Kier molecular flexibility index (Phi) is 5.15. The Hall–Kier alpha value is -4.05. The molecule has 0 aromatic heterocycles. The molecule has 0 N–H and O–H groups in total. The summed E-state index contributed by atoms with van der Waals surface area (Å²) >= 11 is 0. The minimum Gasteiger partial charge on any atom is -0.295 e. The van der Waals surface area contributed by atoms with E-state index in [0.717, 1.165) is 22.3 Å². The number of ketones is 1. The van der Waals surface area contributed by atoms with Gasteiger partial charge in [0.05, 0.1) is 17.5 Å². The van der Waals surface area contributed by atoms with E-state index in [1.54, 1.807) is 24.3 Å².